The molecule has 0 aliphatic rings. The minimum atomic E-state index is -4.54. The van der Waals surface area contributed by atoms with Crippen molar-refractivity contribution in [3.05, 3.63) is 11.1 Å². The van der Waals surface area contributed by atoms with E-state index in [2.05, 4.69) is 0 Å². The summed E-state index contributed by atoms with van der Waals surface area (Å²) in [5.74, 6) is -3.12. The van der Waals surface area contributed by atoms with Crippen LogP contribution in [0.25, 0.3) is 0 Å². The number of hydrogen-bond acceptors (Lipinski definition) is 2. The topological polar surface area (TPSA) is 74.6 Å². The monoisotopic (exact) mass is 226 g/mol. The normalized spacial score (nSPS) is 13.3. The van der Waals surface area contributed by atoms with Crippen LogP contribution in [-0.2, 0) is 9.59 Å². The average molecular weight is 226 g/mol. The molecule has 0 aromatic rings. The van der Waals surface area contributed by atoms with Gasteiger partial charge in [0.05, 0.1) is 12.8 Å². The maximum atomic E-state index is 11.9. The van der Waals surface area contributed by atoms with Gasteiger partial charge < -0.3 is 10.2 Å². The lowest BCUT2D eigenvalue weighted by Crippen LogP contribution is -2.14. The lowest BCUT2D eigenvalue weighted by Gasteiger charge is -2.09. The Labute approximate surface area is 83.0 Å². The van der Waals surface area contributed by atoms with Crippen molar-refractivity contribution >= 4 is 11.9 Å². The standard InChI is InChI=1S/C8H9F3O4/c1-4(3-8(9,10)11)5(7(14)15)2-6(12)13/h2-3H2,1H3,(H,12,13)(H,14,15). The van der Waals surface area contributed by atoms with Crippen LogP contribution in [0.5, 0.6) is 0 Å². The fourth-order valence-electron chi connectivity index (χ4n) is 0.968. The van der Waals surface area contributed by atoms with Gasteiger partial charge in [-0.05, 0) is 6.92 Å². The summed E-state index contributed by atoms with van der Waals surface area (Å²) in [4.78, 5) is 20.7. The molecular weight excluding hydrogens is 217 g/mol. The predicted molar refractivity (Wildman–Crippen MR) is 43.3 cm³/mol. The summed E-state index contributed by atoms with van der Waals surface area (Å²) in [6, 6.07) is 0. The molecular formula is C8H9F3O4. The predicted octanol–water partition coefficient (Wildman–Crippen LogP) is 1.81. The van der Waals surface area contributed by atoms with E-state index < -0.39 is 42.1 Å². The van der Waals surface area contributed by atoms with Crippen molar-refractivity contribution in [3.8, 4) is 0 Å². The van der Waals surface area contributed by atoms with E-state index in [1.54, 1.807) is 0 Å². The van der Waals surface area contributed by atoms with Gasteiger partial charge in [0, 0.05) is 5.57 Å². The second kappa shape index (κ2) is 4.81. The molecule has 2 N–H and O–H groups in total. The molecule has 86 valence electrons. The molecule has 0 amide bonds. The third kappa shape index (κ3) is 5.71. The van der Waals surface area contributed by atoms with E-state index in [0.29, 0.717) is 0 Å². The first-order valence-electron chi connectivity index (χ1n) is 3.84. The smallest absolute Gasteiger partial charge is 0.392 e. The molecule has 0 spiro atoms. The van der Waals surface area contributed by atoms with Crippen LogP contribution in [0.4, 0.5) is 13.2 Å². The molecule has 0 radical (unpaired) electrons. The largest absolute Gasteiger partial charge is 0.481 e. The highest BCUT2D eigenvalue weighted by Gasteiger charge is 2.30. The van der Waals surface area contributed by atoms with Crippen molar-refractivity contribution in [3.63, 3.8) is 0 Å². The van der Waals surface area contributed by atoms with Gasteiger partial charge in [0.25, 0.3) is 0 Å². The molecule has 0 aliphatic carbocycles. The maximum Gasteiger partial charge on any atom is 0.392 e. The molecule has 15 heavy (non-hydrogen) atoms. The molecule has 0 bridgehead atoms. The summed E-state index contributed by atoms with van der Waals surface area (Å²) in [5.41, 5.74) is -1.21. The minimum Gasteiger partial charge on any atom is -0.481 e. The first-order valence-corrected chi connectivity index (χ1v) is 3.84. The Hall–Kier alpha value is -1.53. The summed E-state index contributed by atoms with van der Waals surface area (Å²) < 4.78 is 35.7. The van der Waals surface area contributed by atoms with Gasteiger partial charge in [-0.3, -0.25) is 4.79 Å². The molecule has 0 atom stereocenters. The highest BCUT2D eigenvalue weighted by Crippen LogP contribution is 2.26. The van der Waals surface area contributed by atoms with Crippen LogP contribution >= 0.6 is 0 Å². The summed E-state index contributed by atoms with van der Waals surface area (Å²) in [6.07, 6.45) is -6.87. The number of halogens is 3. The van der Waals surface area contributed by atoms with E-state index in [4.69, 9.17) is 10.2 Å². The highest BCUT2D eigenvalue weighted by molar-refractivity contribution is 5.92. The van der Waals surface area contributed by atoms with Crippen LogP contribution < -0.4 is 0 Å². The van der Waals surface area contributed by atoms with Crippen LogP contribution in [0.15, 0.2) is 11.1 Å². The number of carbonyl (C=O) groups is 2. The molecule has 0 heterocycles. The first-order chi connectivity index (χ1) is 6.63. The Morgan fingerprint density at radius 3 is 1.93 bits per heavy atom. The molecule has 0 saturated heterocycles. The van der Waals surface area contributed by atoms with E-state index in [-0.39, 0.29) is 0 Å². The zero-order valence-corrected chi connectivity index (χ0v) is 7.76. The highest BCUT2D eigenvalue weighted by atomic mass is 19.4. The van der Waals surface area contributed by atoms with Gasteiger partial charge in [-0.15, -0.1) is 0 Å². The van der Waals surface area contributed by atoms with Crippen LogP contribution in [0, 0.1) is 0 Å². The molecule has 0 aliphatic heterocycles. The molecule has 0 unspecified atom stereocenters. The lowest BCUT2D eigenvalue weighted by atomic mass is 10.0. The van der Waals surface area contributed by atoms with Gasteiger partial charge in [0.15, 0.2) is 0 Å². The Morgan fingerprint density at radius 1 is 1.20 bits per heavy atom. The van der Waals surface area contributed by atoms with Crippen LogP contribution in [-0.4, -0.2) is 28.3 Å². The van der Waals surface area contributed by atoms with E-state index in [0.717, 1.165) is 6.92 Å². The fraction of sp³-hybridized carbons (Fsp3) is 0.500. The van der Waals surface area contributed by atoms with Crippen LogP contribution in [0.1, 0.15) is 19.8 Å². The Kier molecular flexibility index (Phi) is 4.32. The van der Waals surface area contributed by atoms with Crippen molar-refractivity contribution in [2.45, 2.75) is 25.9 Å². The van der Waals surface area contributed by atoms with Gasteiger partial charge in [0.1, 0.15) is 0 Å². The van der Waals surface area contributed by atoms with Crippen molar-refractivity contribution in [2.75, 3.05) is 0 Å². The van der Waals surface area contributed by atoms with Crippen molar-refractivity contribution in [1.29, 1.82) is 0 Å². The number of alkyl halides is 3. The fourth-order valence-corrected chi connectivity index (χ4v) is 0.968. The number of carboxylic acid groups (broad SMARTS) is 2. The third-order valence-electron chi connectivity index (χ3n) is 1.57. The molecule has 0 aromatic carbocycles. The lowest BCUT2D eigenvalue weighted by molar-refractivity contribution is -0.140. The minimum absolute atomic E-state index is 0.489. The van der Waals surface area contributed by atoms with Crippen LogP contribution in [0.2, 0.25) is 0 Å². The second-order valence-corrected chi connectivity index (χ2v) is 2.93. The summed E-state index contributed by atoms with van der Waals surface area (Å²) >= 11 is 0. The quantitative estimate of drug-likeness (QED) is 0.717. The number of aliphatic carboxylic acids is 2. The zero-order chi connectivity index (χ0) is 12.2. The number of allylic oxidation sites excluding steroid dienone is 1. The van der Waals surface area contributed by atoms with Gasteiger partial charge >= 0.3 is 18.1 Å². The number of hydrogen-bond donors (Lipinski definition) is 2. The summed E-state index contributed by atoms with van der Waals surface area (Å²) in [7, 11) is 0. The molecule has 0 saturated carbocycles. The molecule has 4 nitrogen and oxygen atoms in total. The van der Waals surface area contributed by atoms with Crippen molar-refractivity contribution in [1.82, 2.24) is 0 Å². The number of carboxylic acids is 2. The molecule has 7 heteroatoms. The van der Waals surface area contributed by atoms with Gasteiger partial charge in [-0.25, -0.2) is 4.79 Å². The third-order valence-corrected chi connectivity index (χ3v) is 1.57. The first kappa shape index (κ1) is 13.5. The second-order valence-electron chi connectivity index (χ2n) is 2.93. The van der Waals surface area contributed by atoms with Crippen LogP contribution in [0.3, 0.4) is 0 Å². The Balaban J connectivity index is 4.93. The van der Waals surface area contributed by atoms with Crippen molar-refractivity contribution in [2.24, 2.45) is 0 Å². The SMILES string of the molecule is CC(CC(F)(F)F)=C(CC(=O)O)C(=O)O. The zero-order valence-electron chi connectivity index (χ0n) is 7.76. The van der Waals surface area contributed by atoms with Gasteiger partial charge in [0.2, 0.25) is 0 Å². The van der Waals surface area contributed by atoms with Gasteiger partial charge in [-0.2, -0.15) is 13.2 Å². The van der Waals surface area contributed by atoms with Crippen molar-refractivity contribution < 1.29 is 33.0 Å². The number of rotatable bonds is 4. The van der Waals surface area contributed by atoms with E-state index in [1.807, 2.05) is 0 Å². The summed E-state index contributed by atoms with van der Waals surface area (Å²) in [6.45, 7) is 0.958. The molecule has 0 rings (SSSR count). The van der Waals surface area contributed by atoms with E-state index in [1.165, 1.54) is 0 Å². The average Bonchev–Trinajstić information content (AvgIpc) is 1.95. The molecule has 0 aromatic heterocycles. The van der Waals surface area contributed by atoms with E-state index in [9.17, 15) is 22.8 Å². The van der Waals surface area contributed by atoms with E-state index >= 15 is 0 Å². The Morgan fingerprint density at radius 2 is 1.67 bits per heavy atom. The Bertz CT molecular complexity index is 303. The maximum absolute atomic E-state index is 11.9. The molecule has 0 fully saturated rings. The summed E-state index contributed by atoms with van der Waals surface area (Å²) in [5, 5.41) is 16.8. The van der Waals surface area contributed by atoms with Gasteiger partial charge in [-0.1, -0.05) is 5.57 Å².